The molecule has 5 nitrogen and oxygen atoms in total. The van der Waals surface area contributed by atoms with Gasteiger partial charge in [0.1, 0.15) is 5.76 Å². The van der Waals surface area contributed by atoms with Crippen molar-refractivity contribution in [2.75, 3.05) is 5.32 Å². The number of oxazole rings is 1. The predicted molar refractivity (Wildman–Crippen MR) is 72.7 cm³/mol. The second-order valence-corrected chi connectivity index (χ2v) is 4.53. The molecule has 0 fully saturated rings. The van der Waals surface area contributed by atoms with E-state index in [-0.39, 0.29) is 17.6 Å². The van der Waals surface area contributed by atoms with Crippen LogP contribution >= 0.6 is 0 Å². The summed E-state index contributed by atoms with van der Waals surface area (Å²) in [7, 11) is 0. The Morgan fingerprint density at radius 1 is 1.24 bits per heavy atom. The van der Waals surface area contributed by atoms with Gasteiger partial charge in [-0.3, -0.25) is 0 Å². The highest BCUT2D eigenvalue weighted by molar-refractivity contribution is 5.54. The van der Waals surface area contributed by atoms with E-state index in [1.165, 1.54) is 12.5 Å². The molecule has 1 heterocycles. The number of halogens is 2. The molecule has 1 aromatic carbocycles. The lowest BCUT2D eigenvalue weighted by Gasteiger charge is -2.16. The van der Waals surface area contributed by atoms with Crippen LogP contribution in [0.4, 0.5) is 14.5 Å². The first-order valence-corrected chi connectivity index (χ1v) is 6.41. The molecule has 0 radical (unpaired) electrons. The fourth-order valence-electron chi connectivity index (χ4n) is 1.68. The van der Waals surface area contributed by atoms with E-state index in [2.05, 4.69) is 15.0 Å². The van der Waals surface area contributed by atoms with Gasteiger partial charge < -0.3 is 19.2 Å². The molecule has 0 bridgehead atoms. The van der Waals surface area contributed by atoms with Crippen LogP contribution < -0.4 is 14.8 Å². The Balaban J connectivity index is 2.11. The van der Waals surface area contributed by atoms with Gasteiger partial charge in [-0.25, -0.2) is 4.98 Å². The third kappa shape index (κ3) is 4.62. The molecule has 7 heteroatoms. The molecule has 0 aliphatic carbocycles. The zero-order chi connectivity index (χ0) is 15.2. The number of rotatable bonds is 7. The molecule has 0 aliphatic rings. The van der Waals surface area contributed by atoms with Gasteiger partial charge in [-0.15, -0.1) is 0 Å². The molecule has 0 atom stereocenters. The molecule has 0 saturated heterocycles. The summed E-state index contributed by atoms with van der Waals surface area (Å²) < 4.78 is 39.7. The molecule has 1 aromatic heterocycles. The number of benzene rings is 1. The Bertz CT molecular complexity index is 559. The molecule has 0 amide bonds. The third-order valence-corrected chi connectivity index (χ3v) is 2.47. The minimum atomic E-state index is -2.90. The second-order valence-electron chi connectivity index (χ2n) is 4.53. The van der Waals surface area contributed by atoms with Gasteiger partial charge in [-0.05, 0) is 26.0 Å². The van der Waals surface area contributed by atoms with Crippen LogP contribution in [0.2, 0.25) is 0 Å². The molecule has 0 spiro atoms. The average Bonchev–Trinajstić information content (AvgIpc) is 2.91. The minimum absolute atomic E-state index is 0.00363. The first-order valence-electron chi connectivity index (χ1n) is 6.41. The molecular formula is C14H16F2N2O3. The first kappa shape index (κ1) is 15.1. The molecular weight excluding hydrogens is 282 g/mol. The SMILES string of the molecule is CC(C)Oc1cc(NCc2cnco2)ccc1OC(F)F. The summed E-state index contributed by atoms with van der Waals surface area (Å²) in [6, 6.07) is 4.67. The number of hydrogen-bond donors (Lipinski definition) is 1. The van der Waals surface area contributed by atoms with E-state index in [4.69, 9.17) is 9.15 Å². The predicted octanol–water partition coefficient (Wildman–Crippen LogP) is 3.68. The normalized spacial score (nSPS) is 11.0. The summed E-state index contributed by atoms with van der Waals surface area (Å²) in [6.45, 7) is 1.14. The summed E-state index contributed by atoms with van der Waals surface area (Å²) in [5.74, 6) is 0.922. The van der Waals surface area contributed by atoms with Gasteiger partial charge in [-0.1, -0.05) is 0 Å². The zero-order valence-electron chi connectivity index (χ0n) is 11.7. The van der Waals surface area contributed by atoms with E-state index >= 15 is 0 Å². The number of alkyl halides is 2. The van der Waals surface area contributed by atoms with Gasteiger partial charge in [0, 0.05) is 11.8 Å². The zero-order valence-corrected chi connectivity index (χ0v) is 11.7. The summed E-state index contributed by atoms with van der Waals surface area (Å²) in [5.41, 5.74) is 0.698. The maximum Gasteiger partial charge on any atom is 0.387 e. The highest BCUT2D eigenvalue weighted by Gasteiger charge is 2.13. The van der Waals surface area contributed by atoms with Crippen molar-refractivity contribution in [3.8, 4) is 11.5 Å². The highest BCUT2D eigenvalue weighted by Crippen LogP contribution is 2.32. The fraction of sp³-hybridized carbons (Fsp3) is 0.357. The average molecular weight is 298 g/mol. The van der Waals surface area contributed by atoms with Crippen LogP contribution in [-0.2, 0) is 6.54 Å². The summed E-state index contributed by atoms with van der Waals surface area (Å²) in [4.78, 5) is 3.80. The van der Waals surface area contributed by atoms with Crippen LogP contribution in [0, 0.1) is 0 Å². The maximum absolute atomic E-state index is 12.4. The van der Waals surface area contributed by atoms with E-state index < -0.39 is 6.61 Å². The molecule has 2 rings (SSSR count). The monoisotopic (exact) mass is 298 g/mol. The maximum atomic E-state index is 12.4. The Morgan fingerprint density at radius 3 is 2.67 bits per heavy atom. The van der Waals surface area contributed by atoms with Crippen molar-refractivity contribution in [1.82, 2.24) is 4.98 Å². The van der Waals surface area contributed by atoms with E-state index in [1.54, 1.807) is 32.2 Å². The van der Waals surface area contributed by atoms with Crippen molar-refractivity contribution in [2.24, 2.45) is 0 Å². The smallest absolute Gasteiger partial charge is 0.387 e. The largest absolute Gasteiger partial charge is 0.487 e. The number of anilines is 1. The van der Waals surface area contributed by atoms with Crippen molar-refractivity contribution >= 4 is 5.69 Å². The number of aromatic nitrogens is 1. The Kier molecular flexibility index (Phi) is 4.97. The van der Waals surface area contributed by atoms with Crippen molar-refractivity contribution in [3.05, 3.63) is 36.5 Å². The van der Waals surface area contributed by atoms with Crippen LogP contribution in [0.3, 0.4) is 0 Å². The topological polar surface area (TPSA) is 56.5 Å². The summed E-state index contributed by atoms with van der Waals surface area (Å²) in [5, 5.41) is 3.08. The van der Waals surface area contributed by atoms with Crippen LogP contribution in [0.1, 0.15) is 19.6 Å². The highest BCUT2D eigenvalue weighted by atomic mass is 19.3. The Labute approximate surface area is 120 Å². The number of nitrogens with one attached hydrogen (secondary N) is 1. The van der Waals surface area contributed by atoms with Crippen LogP contribution in [-0.4, -0.2) is 17.7 Å². The van der Waals surface area contributed by atoms with E-state index in [1.807, 2.05) is 0 Å². The van der Waals surface area contributed by atoms with Gasteiger partial charge in [0.05, 0.1) is 18.8 Å². The van der Waals surface area contributed by atoms with Crippen molar-refractivity contribution in [2.45, 2.75) is 33.1 Å². The van der Waals surface area contributed by atoms with Crippen LogP contribution in [0.5, 0.6) is 11.5 Å². The van der Waals surface area contributed by atoms with E-state index in [0.717, 1.165) is 0 Å². The fourth-order valence-corrected chi connectivity index (χ4v) is 1.68. The lowest BCUT2D eigenvalue weighted by molar-refractivity contribution is -0.0518. The van der Waals surface area contributed by atoms with Gasteiger partial charge in [0.25, 0.3) is 0 Å². The second kappa shape index (κ2) is 6.92. The van der Waals surface area contributed by atoms with Crippen molar-refractivity contribution in [3.63, 3.8) is 0 Å². The van der Waals surface area contributed by atoms with Gasteiger partial charge >= 0.3 is 6.61 Å². The van der Waals surface area contributed by atoms with Crippen LogP contribution in [0.15, 0.2) is 35.2 Å². The number of nitrogens with zero attached hydrogens (tertiary/aromatic N) is 1. The van der Waals surface area contributed by atoms with Gasteiger partial charge in [0.2, 0.25) is 0 Å². The summed E-state index contributed by atoms with van der Waals surface area (Å²) >= 11 is 0. The Morgan fingerprint density at radius 2 is 2.05 bits per heavy atom. The lowest BCUT2D eigenvalue weighted by atomic mass is 10.2. The van der Waals surface area contributed by atoms with E-state index in [0.29, 0.717) is 18.0 Å². The first-order chi connectivity index (χ1) is 10.0. The standard InChI is InChI=1S/C14H16F2N2O3/c1-9(2)20-13-5-10(3-4-12(13)21-14(15)16)18-7-11-6-17-8-19-11/h3-6,8-9,14,18H,7H2,1-2H3. The summed E-state index contributed by atoms with van der Waals surface area (Å²) in [6.07, 6.45) is 2.77. The molecule has 1 N–H and O–H groups in total. The number of hydrogen-bond acceptors (Lipinski definition) is 5. The van der Waals surface area contributed by atoms with Crippen molar-refractivity contribution < 1.29 is 22.7 Å². The van der Waals surface area contributed by atoms with Gasteiger partial charge in [0.15, 0.2) is 17.9 Å². The molecule has 0 aliphatic heterocycles. The lowest BCUT2D eigenvalue weighted by Crippen LogP contribution is -2.10. The molecule has 0 unspecified atom stereocenters. The molecule has 21 heavy (non-hydrogen) atoms. The van der Waals surface area contributed by atoms with E-state index in [9.17, 15) is 8.78 Å². The van der Waals surface area contributed by atoms with Gasteiger partial charge in [-0.2, -0.15) is 8.78 Å². The minimum Gasteiger partial charge on any atom is -0.487 e. The molecule has 2 aromatic rings. The van der Waals surface area contributed by atoms with Crippen LogP contribution in [0.25, 0.3) is 0 Å². The number of ether oxygens (including phenoxy) is 2. The third-order valence-electron chi connectivity index (χ3n) is 2.47. The van der Waals surface area contributed by atoms with Crippen molar-refractivity contribution in [1.29, 1.82) is 0 Å². The molecule has 114 valence electrons. The molecule has 0 saturated carbocycles. The Hall–Kier alpha value is -2.31. The quantitative estimate of drug-likeness (QED) is 0.845.